The zero-order chi connectivity index (χ0) is 32.7. The summed E-state index contributed by atoms with van der Waals surface area (Å²) >= 11 is 0. The molecule has 2 fully saturated rings. The zero-order valence-corrected chi connectivity index (χ0v) is 26.8. The van der Waals surface area contributed by atoms with Gasteiger partial charge in [0.15, 0.2) is 0 Å². The first kappa shape index (κ1) is 32.7. The normalized spacial score (nSPS) is 33.4. The minimum Gasteiger partial charge on any atom is -0.482 e. The molecule has 11 nitrogen and oxygen atoms in total. The van der Waals surface area contributed by atoms with E-state index in [0.717, 1.165) is 6.42 Å². The highest BCUT2D eigenvalue weighted by atomic mass is 16.6. The van der Waals surface area contributed by atoms with E-state index in [-0.39, 0.29) is 42.4 Å². The predicted octanol–water partition coefficient (Wildman–Crippen LogP) is 4.93. The monoisotopic (exact) mass is 625 g/mol. The molecule has 0 bridgehead atoms. The molecule has 0 saturated heterocycles. The van der Waals surface area contributed by atoms with E-state index in [9.17, 15) is 24.3 Å². The van der Waals surface area contributed by atoms with Gasteiger partial charge in [-0.1, -0.05) is 27.2 Å². The zero-order valence-electron chi connectivity index (χ0n) is 26.8. The van der Waals surface area contributed by atoms with E-state index in [1.54, 1.807) is 30.6 Å². The summed E-state index contributed by atoms with van der Waals surface area (Å²) in [6.45, 7) is 10.3. The van der Waals surface area contributed by atoms with Gasteiger partial charge in [-0.3, -0.25) is 19.4 Å². The number of aliphatic hydroxyl groups is 1. The number of aliphatic hydroxyl groups excluding tert-OH is 1. The third-order valence-electron chi connectivity index (χ3n) is 10.4. The van der Waals surface area contributed by atoms with Crippen molar-refractivity contribution in [1.82, 2.24) is 4.98 Å². The molecule has 3 aliphatic rings. The molecule has 1 aliphatic heterocycles. The summed E-state index contributed by atoms with van der Waals surface area (Å²) in [5, 5.41) is 12.2. The number of esters is 3. The van der Waals surface area contributed by atoms with Crippen LogP contribution in [-0.2, 0) is 28.6 Å². The fourth-order valence-electron chi connectivity index (χ4n) is 8.38. The number of nitrogens with zero attached hydrogens (tertiary/aromatic N) is 1. The molecule has 5 rings (SSSR count). The standard InChI is InChI=1S/C34H43NO10/c1-7-8-11-27(38)44-26-16-24-32(4,13-12-25(42-20(3)37)33(24,5)18-41-19(2)36)30-29(39)28-23(45-34(26,30)6)15-22(43-31(28)40)21-10-9-14-35-17-21/h9-10,14-15,17,24-26,29-30,39H,7-8,11-13,16,18H2,1-6H3/t24-,25+,26+,29+,30-,32+,33+,34-/m1/s1. The number of carbonyl (C=O) groups excluding carboxylic acids is 3. The van der Waals surface area contributed by atoms with Crippen LogP contribution in [0.4, 0.5) is 0 Å². The minimum atomic E-state index is -1.34. The SMILES string of the molecule is CCCCC(=O)O[C@H]1C[C@H]2[C@](C)(COC(C)=O)[C@@H](OC(C)=O)CC[C@]2(C)[C@H]2[C@@H](O)c3c(cc(-c4cccnc4)oc3=O)O[C@]12C. The van der Waals surface area contributed by atoms with Crippen LogP contribution >= 0.6 is 0 Å². The molecule has 0 amide bonds. The van der Waals surface area contributed by atoms with Gasteiger partial charge in [0.2, 0.25) is 0 Å². The number of ether oxygens (including phenoxy) is 4. The number of pyridine rings is 1. The first-order valence-electron chi connectivity index (χ1n) is 15.7. The summed E-state index contributed by atoms with van der Waals surface area (Å²) in [6, 6.07) is 5.04. The molecule has 2 saturated carbocycles. The highest BCUT2D eigenvalue weighted by molar-refractivity contribution is 5.70. The van der Waals surface area contributed by atoms with Crippen LogP contribution in [-0.4, -0.2) is 52.4 Å². The van der Waals surface area contributed by atoms with Crippen molar-refractivity contribution in [3.05, 3.63) is 46.6 Å². The van der Waals surface area contributed by atoms with Crippen molar-refractivity contribution in [2.24, 2.45) is 22.7 Å². The number of hydrogen-bond acceptors (Lipinski definition) is 11. The Balaban J connectivity index is 1.66. The Morgan fingerprint density at radius 3 is 2.51 bits per heavy atom. The van der Waals surface area contributed by atoms with E-state index >= 15 is 0 Å². The fraction of sp³-hybridized carbons (Fsp3) is 0.618. The number of unbranched alkanes of at least 4 members (excludes halogenated alkanes) is 1. The number of fused-ring (bicyclic) bond motifs is 4. The van der Waals surface area contributed by atoms with E-state index in [1.165, 1.54) is 13.8 Å². The average Bonchev–Trinajstić information content (AvgIpc) is 2.97. The molecular formula is C34H43NO10. The van der Waals surface area contributed by atoms with Gasteiger partial charge in [0.05, 0.1) is 6.10 Å². The van der Waals surface area contributed by atoms with Crippen LogP contribution < -0.4 is 10.4 Å². The van der Waals surface area contributed by atoms with Crippen LogP contribution in [0.15, 0.2) is 39.8 Å². The van der Waals surface area contributed by atoms with E-state index in [4.69, 9.17) is 23.4 Å². The minimum absolute atomic E-state index is 0.00755. The summed E-state index contributed by atoms with van der Waals surface area (Å²) in [7, 11) is 0. The molecule has 244 valence electrons. The number of hydrogen-bond donors (Lipinski definition) is 1. The van der Waals surface area contributed by atoms with E-state index < -0.39 is 64.2 Å². The summed E-state index contributed by atoms with van der Waals surface area (Å²) in [5.41, 5.74) is -3.08. The molecule has 2 aromatic heterocycles. The van der Waals surface area contributed by atoms with Crippen LogP contribution in [0.25, 0.3) is 11.3 Å². The molecule has 8 atom stereocenters. The van der Waals surface area contributed by atoms with Crippen LogP contribution in [0.3, 0.4) is 0 Å². The lowest BCUT2D eigenvalue weighted by Gasteiger charge is -2.66. The third kappa shape index (κ3) is 5.75. The van der Waals surface area contributed by atoms with Crippen molar-refractivity contribution in [3.63, 3.8) is 0 Å². The van der Waals surface area contributed by atoms with Crippen molar-refractivity contribution < 1.29 is 42.9 Å². The van der Waals surface area contributed by atoms with Crippen molar-refractivity contribution >= 4 is 17.9 Å². The van der Waals surface area contributed by atoms with E-state index in [0.29, 0.717) is 24.8 Å². The number of aromatic nitrogens is 1. The summed E-state index contributed by atoms with van der Waals surface area (Å²) in [6.07, 6.45) is 3.24. The Bertz CT molecular complexity index is 1510. The van der Waals surface area contributed by atoms with Gasteiger partial charge >= 0.3 is 23.5 Å². The second-order valence-electron chi connectivity index (χ2n) is 13.4. The molecule has 0 unspecified atom stereocenters. The van der Waals surface area contributed by atoms with E-state index in [1.807, 2.05) is 27.7 Å². The Morgan fingerprint density at radius 1 is 1.11 bits per heavy atom. The molecule has 0 radical (unpaired) electrons. The van der Waals surface area contributed by atoms with Gasteiger partial charge in [-0.15, -0.1) is 0 Å². The van der Waals surface area contributed by atoms with Gasteiger partial charge in [0.25, 0.3) is 0 Å². The maximum atomic E-state index is 13.5. The van der Waals surface area contributed by atoms with Crippen molar-refractivity contribution in [1.29, 1.82) is 0 Å². The molecule has 0 spiro atoms. The maximum Gasteiger partial charge on any atom is 0.345 e. The van der Waals surface area contributed by atoms with Gasteiger partial charge in [0, 0.05) is 55.6 Å². The summed E-state index contributed by atoms with van der Waals surface area (Å²) in [5.74, 6) is -2.08. The molecule has 0 aromatic carbocycles. The molecule has 2 aliphatic carbocycles. The molecular weight excluding hydrogens is 582 g/mol. The summed E-state index contributed by atoms with van der Waals surface area (Å²) < 4.78 is 30.0. The lowest BCUT2D eigenvalue weighted by atomic mass is 9.42. The number of rotatable bonds is 8. The van der Waals surface area contributed by atoms with Crippen molar-refractivity contribution in [2.45, 2.75) is 104 Å². The molecule has 3 heterocycles. The van der Waals surface area contributed by atoms with Gasteiger partial charge < -0.3 is 28.5 Å². The van der Waals surface area contributed by atoms with Crippen LogP contribution in [0.5, 0.6) is 5.75 Å². The highest BCUT2D eigenvalue weighted by Crippen LogP contribution is 2.67. The maximum absolute atomic E-state index is 13.5. The second kappa shape index (κ2) is 12.2. The van der Waals surface area contributed by atoms with Gasteiger partial charge in [-0.2, -0.15) is 0 Å². The average molecular weight is 626 g/mol. The van der Waals surface area contributed by atoms with Crippen molar-refractivity contribution in [3.8, 4) is 17.1 Å². The van der Waals surface area contributed by atoms with Gasteiger partial charge in [-0.25, -0.2) is 4.79 Å². The smallest absolute Gasteiger partial charge is 0.345 e. The predicted molar refractivity (Wildman–Crippen MR) is 161 cm³/mol. The van der Waals surface area contributed by atoms with E-state index in [2.05, 4.69) is 4.98 Å². The lowest BCUT2D eigenvalue weighted by molar-refractivity contribution is -0.271. The van der Waals surface area contributed by atoms with Gasteiger partial charge in [0.1, 0.15) is 41.5 Å². The molecule has 11 heteroatoms. The Morgan fingerprint density at radius 2 is 1.87 bits per heavy atom. The third-order valence-corrected chi connectivity index (χ3v) is 10.4. The fourth-order valence-corrected chi connectivity index (χ4v) is 8.38. The Kier molecular flexibility index (Phi) is 8.87. The Labute approximate surface area is 262 Å². The number of carbonyl (C=O) groups is 3. The molecule has 1 N–H and O–H groups in total. The molecule has 2 aromatic rings. The topological polar surface area (TPSA) is 151 Å². The quantitative estimate of drug-likeness (QED) is 0.314. The first-order chi connectivity index (χ1) is 21.2. The van der Waals surface area contributed by atoms with Gasteiger partial charge in [-0.05, 0) is 56.1 Å². The van der Waals surface area contributed by atoms with Crippen LogP contribution in [0, 0.1) is 22.7 Å². The lowest BCUT2D eigenvalue weighted by Crippen LogP contribution is -2.71. The van der Waals surface area contributed by atoms with Crippen molar-refractivity contribution in [2.75, 3.05) is 6.61 Å². The molecule has 45 heavy (non-hydrogen) atoms. The first-order valence-corrected chi connectivity index (χ1v) is 15.7. The largest absolute Gasteiger partial charge is 0.482 e. The van der Waals surface area contributed by atoms with Crippen LogP contribution in [0.2, 0.25) is 0 Å². The Hall–Kier alpha value is -3.73. The second-order valence-corrected chi connectivity index (χ2v) is 13.4. The van der Waals surface area contributed by atoms with Crippen LogP contribution in [0.1, 0.15) is 91.7 Å². The highest BCUT2D eigenvalue weighted by Gasteiger charge is 2.70. The summed E-state index contributed by atoms with van der Waals surface area (Å²) in [4.78, 5) is 55.1.